The number of unbranched alkanes of at least 4 members (excludes halogenated alkanes) is 1. The van der Waals surface area contributed by atoms with Crippen LogP contribution in [0.3, 0.4) is 0 Å². The minimum atomic E-state index is -0.741. The SMILES string of the molecule is COc1ccc2scc(C(=O)N[C@@H]3C[C@@H]4C[C@H]([C@@H]3C/C=C\CCCC(=O)O)C4(C)C)c2c1. The maximum absolute atomic E-state index is 13.3. The van der Waals surface area contributed by atoms with Gasteiger partial charge in [-0.05, 0) is 73.5 Å². The van der Waals surface area contributed by atoms with Crippen LogP contribution in [-0.2, 0) is 4.79 Å². The number of fused-ring (bicyclic) bond motifs is 3. The van der Waals surface area contributed by atoms with Crippen molar-refractivity contribution in [2.75, 3.05) is 7.11 Å². The van der Waals surface area contributed by atoms with E-state index in [9.17, 15) is 9.59 Å². The van der Waals surface area contributed by atoms with Crippen LogP contribution in [0.25, 0.3) is 10.1 Å². The summed E-state index contributed by atoms with van der Waals surface area (Å²) >= 11 is 1.59. The molecular weight excluding hydrogens is 422 g/mol. The van der Waals surface area contributed by atoms with Crippen molar-refractivity contribution in [3.05, 3.63) is 41.3 Å². The van der Waals surface area contributed by atoms with E-state index in [4.69, 9.17) is 9.84 Å². The zero-order valence-electron chi connectivity index (χ0n) is 19.1. The van der Waals surface area contributed by atoms with Crippen LogP contribution in [0.1, 0.15) is 62.7 Å². The molecule has 0 unspecified atom stereocenters. The van der Waals surface area contributed by atoms with Gasteiger partial charge in [0.25, 0.3) is 5.91 Å². The van der Waals surface area contributed by atoms with E-state index in [1.54, 1.807) is 18.4 Å². The molecule has 1 heterocycles. The predicted octanol–water partition coefficient (Wildman–Crippen LogP) is 5.89. The van der Waals surface area contributed by atoms with Crippen molar-refractivity contribution in [3.8, 4) is 5.75 Å². The van der Waals surface area contributed by atoms with E-state index >= 15 is 0 Å². The second kappa shape index (κ2) is 9.26. The summed E-state index contributed by atoms with van der Waals surface area (Å²) in [6.45, 7) is 4.73. The molecule has 5 rings (SSSR count). The first-order valence-corrected chi connectivity index (χ1v) is 12.4. The third-order valence-corrected chi connectivity index (χ3v) is 8.76. The average molecular weight is 456 g/mol. The summed E-state index contributed by atoms with van der Waals surface area (Å²) in [4.78, 5) is 24.0. The highest BCUT2D eigenvalue weighted by Crippen LogP contribution is 2.62. The third kappa shape index (κ3) is 4.42. The fraction of sp³-hybridized carbons (Fsp3) is 0.538. The molecule has 1 amide bonds. The Morgan fingerprint density at radius 3 is 2.81 bits per heavy atom. The van der Waals surface area contributed by atoms with Gasteiger partial charge in [-0.2, -0.15) is 0 Å². The number of hydrogen-bond donors (Lipinski definition) is 2. The van der Waals surface area contributed by atoms with Crippen LogP contribution in [0.5, 0.6) is 5.75 Å². The van der Waals surface area contributed by atoms with Gasteiger partial charge in [0.1, 0.15) is 5.75 Å². The van der Waals surface area contributed by atoms with E-state index in [0.717, 1.165) is 40.7 Å². The lowest BCUT2D eigenvalue weighted by Gasteiger charge is -2.62. The Kier molecular flexibility index (Phi) is 6.61. The first kappa shape index (κ1) is 22.8. The first-order chi connectivity index (χ1) is 15.3. The van der Waals surface area contributed by atoms with Crippen molar-refractivity contribution < 1.29 is 19.4 Å². The standard InChI is InChI=1S/C26H33NO4S/c1-26(2)16-12-21(26)18(8-6-4-5-7-9-24(28)29)22(13-16)27-25(30)20-15-32-23-11-10-17(31-3)14-19(20)23/h4,6,10-11,14-16,18,21-22H,5,7-9,12-13H2,1-3H3,(H,27,30)(H,28,29)/b6-4-/t16-,18-,21+,22+/m0/s1. The summed E-state index contributed by atoms with van der Waals surface area (Å²) in [5.74, 6) is 1.70. The number of benzene rings is 1. The molecule has 32 heavy (non-hydrogen) atoms. The quantitative estimate of drug-likeness (QED) is 0.365. The molecule has 0 spiro atoms. The number of hydrogen-bond acceptors (Lipinski definition) is 4. The smallest absolute Gasteiger partial charge is 0.303 e. The van der Waals surface area contributed by atoms with Crippen molar-refractivity contribution in [3.63, 3.8) is 0 Å². The van der Waals surface area contributed by atoms with Crippen molar-refractivity contribution in [1.29, 1.82) is 0 Å². The number of carboxylic acids is 1. The molecule has 1 aromatic carbocycles. The number of thiophene rings is 1. The lowest BCUT2D eigenvalue weighted by Crippen LogP contribution is -2.61. The van der Waals surface area contributed by atoms with Crippen LogP contribution in [0.15, 0.2) is 35.7 Å². The van der Waals surface area contributed by atoms with Crippen LogP contribution >= 0.6 is 11.3 Å². The van der Waals surface area contributed by atoms with Gasteiger partial charge in [-0.3, -0.25) is 9.59 Å². The van der Waals surface area contributed by atoms with Crippen LogP contribution in [0, 0.1) is 23.2 Å². The van der Waals surface area contributed by atoms with Gasteiger partial charge >= 0.3 is 5.97 Å². The predicted molar refractivity (Wildman–Crippen MR) is 128 cm³/mol. The number of rotatable bonds is 9. The number of carbonyl (C=O) groups excluding carboxylic acids is 1. The molecule has 0 radical (unpaired) electrons. The van der Waals surface area contributed by atoms with E-state index in [0.29, 0.717) is 29.6 Å². The van der Waals surface area contributed by atoms with Crippen LogP contribution < -0.4 is 10.1 Å². The van der Waals surface area contributed by atoms with Gasteiger partial charge in [-0.25, -0.2) is 0 Å². The molecule has 5 nitrogen and oxygen atoms in total. The lowest BCUT2D eigenvalue weighted by molar-refractivity contribution is -0.137. The average Bonchev–Trinajstić information content (AvgIpc) is 3.19. The largest absolute Gasteiger partial charge is 0.497 e. The zero-order chi connectivity index (χ0) is 22.9. The van der Waals surface area contributed by atoms with Gasteiger partial charge in [0.05, 0.1) is 12.7 Å². The highest BCUT2D eigenvalue weighted by atomic mass is 32.1. The van der Waals surface area contributed by atoms with E-state index < -0.39 is 5.97 Å². The minimum Gasteiger partial charge on any atom is -0.497 e. The Morgan fingerprint density at radius 2 is 2.09 bits per heavy atom. The van der Waals surface area contributed by atoms with Gasteiger partial charge in [-0.15, -0.1) is 11.3 Å². The number of allylic oxidation sites excluding steroid dienone is 2. The molecule has 1 aromatic heterocycles. The number of amides is 1. The number of carbonyl (C=O) groups is 2. The summed E-state index contributed by atoms with van der Waals surface area (Å²) in [5, 5.41) is 15.1. The van der Waals surface area contributed by atoms with E-state index in [1.807, 2.05) is 23.6 Å². The van der Waals surface area contributed by atoms with E-state index in [-0.39, 0.29) is 18.4 Å². The second-order valence-electron chi connectivity index (χ2n) is 9.84. The van der Waals surface area contributed by atoms with Crippen molar-refractivity contribution in [1.82, 2.24) is 5.32 Å². The summed E-state index contributed by atoms with van der Waals surface area (Å²) in [6.07, 6.45) is 9.18. The third-order valence-electron chi connectivity index (χ3n) is 7.80. The van der Waals surface area contributed by atoms with Gasteiger partial charge < -0.3 is 15.2 Å². The van der Waals surface area contributed by atoms with Crippen molar-refractivity contribution >= 4 is 33.3 Å². The Morgan fingerprint density at radius 1 is 1.28 bits per heavy atom. The minimum absolute atomic E-state index is 0.00375. The molecule has 3 saturated carbocycles. The highest BCUT2D eigenvalue weighted by molar-refractivity contribution is 7.17. The molecule has 2 N–H and O–H groups in total. The Bertz CT molecular complexity index is 1020. The second-order valence-corrected chi connectivity index (χ2v) is 10.8. The summed E-state index contributed by atoms with van der Waals surface area (Å²) in [5.41, 5.74) is 1.05. The number of ether oxygens (including phenoxy) is 1. The van der Waals surface area contributed by atoms with Gasteiger partial charge in [-0.1, -0.05) is 26.0 Å². The molecule has 4 atom stereocenters. The monoisotopic (exact) mass is 455 g/mol. The molecule has 0 aliphatic heterocycles. The maximum Gasteiger partial charge on any atom is 0.303 e. The van der Waals surface area contributed by atoms with Crippen molar-refractivity contribution in [2.45, 2.75) is 58.4 Å². The number of nitrogens with one attached hydrogen (secondary N) is 1. The molecule has 2 bridgehead atoms. The molecule has 6 heteroatoms. The molecule has 172 valence electrons. The first-order valence-electron chi connectivity index (χ1n) is 11.5. The topological polar surface area (TPSA) is 75.6 Å². The van der Waals surface area contributed by atoms with Crippen LogP contribution in [-0.4, -0.2) is 30.1 Å². The van der Waals surface area contributed by atoms with Crippen molar-refractivity contribution in [2.24, 2.45) is 23.2 Å². The van der Waals surface area contributed by atoms with Crippen LogP contribution in [0.4, 0.5) is 0 Å². The Balaban J connectivity index is 1.46. The molecular formula is C26H33NO4S. The zero-order valence-corrected chi connectivity index (χ0v) is 19.9. The maximum atomic E-state index is 13.3. The summed E-state index contributed by atoms with van der Waals surface area (Å²) < 4.78 is 6.44. The molecule has 0 saturated heterocycles. The summed E-state index contributed by atoms with van der Waals surface area (Å²) in [7, 11) is 1.64. The summed E-state index contributed by atoms with van der Waals surface area (Å²) in [6, 6.07) is 6.05. The highest BCUT2D eigenvalue weighted by Gasteiger charge is 2.57. The number of aliphatic carboxylic acids is 1. The molecule has 3 aliphatic rings. The normalized spacial score (nSPS) is 26.1. The lowest BCUT2D eigenvalue weighted by atomic mass is 9.44. The number of carboxylic acid groups (broad SMARTS) is 1. The van der Waals surface area contributed by atoms with E-state index in [2.05, 4.69) is 31.3 Å². The number of methoxy groups -OCH3 is 1. The van der Waals surface area contributed by atoms with E-state index in [1.165, 1.54) is 6.42 Å². The van der Waals surface area contributed by atoms with Gasteiger partial charge in [0.2, 0.25) is 0 Å². The fourth-order valence-corrected chi connectivity index (χ4v) is 6.66. The Labute approximate surface area is 193 Å². The van der Waals surface area contributed by atoms with Crippen LogP contribution in [0.2, 0.25) is 0 Å². The Hall–Kier alpha value is -2.34. The van der Waals surface area contributed by atoms with Gasteiger partial charge in [0, 0.05) is 27.9 Å². The molecule has 2 aromatic rings. The molecule has 3 fully saturated rings. The fourth-order valence-electron chi connectivity index (χ4n) is 5.74. The molecule has 3 aliphatic carbocycles. The van der Waals surface area contributed by atoms with Gasteiger partial charge in [0.15, 0.2) is 0 Å².